The molecule has 0 unspecified atom stereocenters. The molecule has 3 rings (SSSR count). The average Bonchev–Trinajstić information content (AvgIpc) is 2.76. The van der Waals surface area contributed by atoms with Gasteiger partial charge in [0.2, 0.25) is 0 Å². The highest BCUT2D eigenvalue weighted by atomic mass is 16.5. The number of carbonyl (C=O) groups is 1. The minimum atomic E-state index is -0.135. The number of methoxy groups -OCH3 is 1. The summed E-state index contributed by atoms with van der Waals surface area (Å²) in [5, 5.41) is 2.94. The van der Waals surface area contributed by atoms with Gasteiger partial charge in [0.1, 0.15) is 18.1 Å². The number of benzene rings is 3. The molecule has 0 heterocycles. The predicted molar refractivity (Wildman–Crippen MR) is 112 cm³/mol. The van der Waals surface area contributed by atoms with Gasteiger partial charge < -0.3 is 14.8 Å². The summed E-state index contributed by atoms with van der Waals surface area (Å²) in [5.41, 5.74) is 2.47. The van der Waals surface area contributed by atoms with Gasteiger partial charge in [-0.05, 0) is 29.3 Å². The van der Waals surface area contributed by atoms with Crippen LogP contribution in [0.1, 0.15) is 11.1 Å². The van der Waals surface area contributed by atoms with Crippen LogP contribution >= 0.6 is 0 Å². The molecule has 0 saturated heterocycles. The van der Waals surface area contributed by atoms with Crippen molar-refractivity contribution in [3.05, 3.63) is 96.1 Å². The summed E-state index contributed by atoms with van der Waals surface area (Å²) in [5.74, 6) is 1.31. The molecular weight excluding hydrogens is 350 g/mol. The fraction of sp³-hybridized carbons (Fsp3) is 0.125. The number of nitrogens with one attached hydrogen (secondary N) is 1. The lowest BCUT2D eigenvalue weighted by molar-refractivity contribution is -0.115. The summed E-state index contributed by atoms with van der Waals surface area (Å²) in [4.78, 5) is 12.8. The molecule has 3 aromatic rings. The fourth-order valence-corrected chi connectivity index (χ4v) is 2.73. The first-order valence-electron chi connectivity index (χ1n) is 9.13. The first kappa shape index (κ1) is 19.2. The zero-order valence-corrected chi connectivity index (χ0v) is 15.8. The van der Waals surface area contributed by atoms with Gasteiger partial charge in [0.25, 0.3) is 5.91 Å². The maximum absolute atomic E-state index is 12.8. The zero-order valence-electron chi connectivity index (χ0n) is 15.8. The highest BCUT2D eigenvalue weighted by Crippen LogP contribution is 2.19. The van der Waals surface area contributed by atoms with Gasteiger partial charge in [-0.25, -0.2) is 0 Å². The number of carbonyl (C=O) groups excluding carboxylic acids is 1. The number of hydrogen-bond donors (Lipinski definition) is 1. The topological polar surface area (TPSA) is 47.6 Å². The molecule has 0 aromatic heterocycles. The summed E-state index contributed by atoms with van der Waals surface area (Å²) in [6.45, 7) is 0.765. The minimum absolute atomic E-state index is 0.135. The Labute approximate surface area is 165 Å². The molecule has 0 spiro atoms. The van der Waals surface area contributed by atoms with Crippen molar-refractivity contribution in [2.75, 3.05) is 20.3 Å². The molecular formula is C24H23NO3. The van der Waals surface area contributed by atoms with Crippen LogP contribution in [-0.2, 0) is 4.79 Å². The van der Waals surface area contributed by atoms with E-state index in [-0.39, 0.29) is 5.91 Å². The Morgan fingerprint density at radius 1 is 0.893 bits per heavy atom. The van der Waals surface area contributed by atoms with Crippen LogP contribution in [0.2, 0.25) is 0 Å². The molecule has 0 atom stereocenters. The first-order valence-corrected chi connectivity index (χ1v) is 9.13. The third kappa shape index (κ3) is 5.48. The normalized spacial score (nSPS) is 11.0. The second kappa shape index (κ2) is 9.97. The summed E-state index contributed by atoms with van der Waals surface area (Å²) < 4.78 is 10.9. The molecule has 0 aliphatic carbocycles. The van der Waals surface area contributed by atoms with E-state index < -0.39 is 0 Å². The largest absolute Gasteiger partial charge is 0.497 e. The fourth-order valence-electron chi connectivity index (χ4n) is 2.73. The van der Waals surface area contributed by atoms with Gasteiger partial charge in [-0.3, -0.25) is 4.79 Å². The van der Waals surface area contributed by atoms with E-state index in [0.717, 1.165) is 16.9 Å². The van der Waals surface area contributed by atoms with Gasteiger partial charge in [0.05, 0.1) is 13.7 Å². The number of rotatable bonds is 8. The van der Waals surface area contributed by atoms with Crippen LogP contribution in [0.15, 0.2) is 84.9 Å². The lowest BCUT2D eigenvalue weighted by atomic mass is 10.0. The molecule has 1 amide bonds. The third-order valence-corrected chi connectivity index (χ3v) is 4.14. The van der Waals surface area contributed by atoms with Crippen LogP contribution in [0.4, 0.5) is 0 Å². The third-order valence-electron chi connectivity index (χ3n) is 4.14. The van der Waals surface area contributed by atoms with Crippen molar-refractivity contribution < 1.29 is 14.3 Å². The summed E-state index contributed by atoms with van der Waals surface area (Å²) in [7, 11) is 1.61. The monoisotopic (exact) mass is 373 g/mol. The van der Waals surface area contributed by atoms with Crippen molar-refractivity contribution in [1.82, 2.24) is 5.32 Å². The van der Waals surface area contributed by atoms with Crippen LogP contribution in [0.5, 0.6) is 11.5 Å². The first-order chi connectivity index (χ1) is 13.8. The molecule has 0 fully saturated rings. The smallest absolute Gasteiger partial charge is 0.252 e. The molecule has 0 saturated carbocycles. The van der Waals surface area contributed by atoms with Crippen LogP contribution in [0.3, 0.4) is 0 Å². The van der Waals surface area contributed by atoms with E-state index in [1.54, 1.807) is 7.11 Å². The van der Waals surface area contributed by atoms with Crippen molar-refractivity contribution in [2.45, 2.75) is 0 Å². The Bertz CT molecular complexity index is 921. The quantitative estimate of drug-likeness (QED) is 0.361. The minimum Gasteiger partial charge on any atom is -0.497 e. The van der Waals surface area contributed by atoms with Gasteiger partial charge in [0.15, 0.2) is 0 Å². The summed E-state index contributed by atoms with van der Waals surface area (Å²) in [6, 6.07) is 26.8. The molecule has 0 aliphatic rings. The second-order valence-corrected chi connectivity index (χ2v) is 6.12. The zero-order chi connectivity index (χ0) is 19.6. The van der Waals surface area contributed by atoms with E-state index in [4.69, 9.17) is 9.47 Å². The molecule has 3 aromatic carbocycles. The molecule has 0 bridgehead atoms. The number of hydrogen-bond acceptors (Lipinski definition) is 3. The van der Waals surface area contributed by atoms with Crippen molar-refractivity contribution in [3.63, 3.8) is 0 Å². The molecule has 0 radical (unpaired) electrons. The SMILES string of the molecule is COc1cccc(OCCNC(=O)/C(=C/c2ccccc2)c2ccccc2)c1. The summed E-state index contributed by atoms with van der Waals surface area (Å²) in [6.07, 6.45) is 1.90. The van der Waals surface area contributed by atoms with Crippen LogP contribution < -0.4 is 14.8 Å². The van der Waals surface area contributed by atoms with E-state index in [2.05, 4.69) is 5.32 Å². The Balaban J connectivity index is 1.64. The van der Waals surface area contributed by atoms with E-state index in [0.29, 0.717) is 24.5 Å². The Morgan fingerprint density at radius 2 is 1.57 bits per heavy atom. The highest BCUT2D eigenvalue weighted by Gasteiger charge is 2.11. The number of amides is 1. The Kier molecular flexibility index (Phi) is 6.85. The van der Waals surface area contributed by atoms with Crippen LogP contribution in [-0.4, -0.2) is 26.2 Å². The number of ether oxygens (including phenoxy) is 2. The highest BCUT2D eigenvalue weighted by molar-refractivity contribution is 6.24. The van der Waals surface area contributed by atoms with Crippen molar-refractivity contribution >= 4 is 17.6 Å². The summed E-state index contributed by atoms with van der Waals surface area (Å²) >= 11 is 0. The molecule has 4 nitrogen and oxygen atoms in total. The predicted octanol–water partition coefficient (Wildman–Crippen LogP) is 4.43. The lowest BCUT2D eigenvalue weighted by Gasteiger charge is -2.11. The van der Waals surface area contributed by atoms with Gasteiger partial charge >= 0.3 is 0 Å². The average molecular weight is 373 g/mol. The van der Waals surface area contributed by atoms with E-state index in [1.807, 2.05) is 91.0 Å². The van der Waals surface area contributed by atoms with Gasteiger partial charge in [-0.2, -0.15) is 0 Å². The lowest BCUT2D eigenvalue weighted by Crippen LogP contribution is -2.28. The molecule has 1 N–H and O–H groups in total. The molecule has 142 valence electrons. The molecule has 28 heavy (non-hydrogen) atoms. The Hall–Kier alpha value is -3.53. The molecule has 0 aliphatic heterocycles. The van der Waals surface area contributed by atoms with Gasteiger partial charge in [0, 0.05) is 11.6 Å². The van der Waals surface area contributed by atoms with E-state index >= 15 is 0 Å². The van der Waals surface area contributed by atoms with Gasteiger partial charge in [-0.1, -0.05) is 66.7 Å². The van der Waals surface area contributed by atoms with E-state index in [1.165, 1.54) is 0 Å². The maximum Gasteiger partial charge on any atom is 0.252 e. The van der Waals surface area contributed by atoms with Gasteiger partial charge in [-0.15, -0.1) is 0 Å². The van der Waals surface area contributed by atoms with Crippen LogP contribution in [0, 0.1) is 0 Å². The second-order valence-electron chi connectivity index (χ2n) is 6.12. The molecule has 4 heteroatoms. The van der Waals surface area contributed by atoms with Crippen molar-refractivity contribution in [1.29, 1.82) is 0 Å². The van der Waals surface area contributed by atoms with Crippen molar-refractivity contribution in [2.24, 2.45) is 0 Å². The maximum atomic E-state index is 12.8. The van der Waals surface area contributed by atoms with E-state index in [9.17, 15) is 4.79 Å². The Morgan fingerprint density at radius 3 is 2.29 bits per heavy atom. The van der Waals surface area contributed by atoms with Crippen LogP contribution in [0.25, 0.3) is 11.6 Å². The van der Waals surface area contributed by atoms with Crippen molar-refractivity contribution in [3.8, 4) is 11.5 Å². The standard InChI is InChI=1S/C24H23NO3/c1-27-21-13-8-14-22(18-21)28-16-15-25-24(26)23(20-11-6-3-7-12-20)17-19-9-4-2-5-10-19/h2-14,17-18H,15-16H2,1H3,(H,25,26)/b23-17+.